The number of aromatic carboxylic acids is 1. The highest BCUT2D eigenvalue weighted by molar-refractivity contribution is 7.98. The third kappa shape index (κ3) is 4.25. The van der Waals surface area contributed by atoms with E-state index >= 15 is 0 Å². The predicted octanol–water partition coefficient (Wildman–Crippen LogP) is 4.48. The number of pyridine rings is 1. The number of carbonyl (C=O) groups is 1. The van der Waals surface area contributed by atoms with E-state index in [1.54, 1.807) is 37.2 Å². The number of carboxylic acids is 1. The van der Waals surface area contributed by atoms with Crippen LogP contribution < -0.4 is 4.74 Å². The summed E-state index contributed by atoms with van der Waals surface area (Å²) in [6, 6.07) is 16.8. The van der Waals surface area contributed by atoms with Gasteiger partial charge in [-0.05, 0) is 41.5 Å². The highest BCUT2D eigenvalue weighted by Gasteiger charge is 2.13. The van der Waals surface area contributed by atoms with Gasteiger partial charge in [-0.3, -0.25) is 4.98 Å². The van der Waals surface area contributed by atoms with Gasteiger partial charge in [-0.25, -0.2) is 9.78 Å². The Labute approximate surface area is 172 Å². The van der Waals surface area contributed by atoms with Crippen LogP contribution in [0.5, 0.6) is 5.75 Å². The van der Waals surface area contributed by atoms with Gasteiger partial charge in [0.05, 0.1) is 36.4 Å². The van der Waals surface area contributed by atoms with Crippen LogP contribution in [-0.4, -0.2) is 32.7 Å². The number of hydrogen-bond donors (Lipinski definition) is 1. The number of hydrogen-bond acceptors (Lipinski definition) is 5. The monoisotopic (exact) mass is 405 g/mol. The van der Waals surface area contributed by atoms with Crippen molar-refractivity contribution in [3.63, 3.8) is 0 Å². The first-order valence-electron chi connectivity index (χ1n) is 9.02. The number of benzene rings is 2. The molecule has 6 nitrogen and oxygen atoms in total. The van der Waals surface area contributed by atoms with Crippen LogP contribution in [0.15, 0.2) is 72.1 Å². The molecule has 2 heterocycles. The van der Waals surface area contributed by atoms with Crippen molar-refractivity contribution in [1.29, 1.82) is 0 Å². The molecule has 0 radical (unpaired) electrons. The first-order valence-corrected chi connectivity index (χ1v) is 10.0. The van der Waals surface area contributed by atoms with E-state index in [0.717, 1.165) is 33.1 Å². The number of nitrogens with zero attached hydrogens (tertiary/aromatic N) is 3. The fourth-order valence-electron chi connectivity index (χ4n) is 3.06. The van der Waals surface area contributed by atoms with Crippen molar-refractivity contribution in [3.05, 3.63) is 83.7 Å². The van der Waals surface area contributed by atoms with Crippen LogP contribution >= 0.6 is 11.8 Å². The molecule has 29 heavy (non-hydrogen) atoms. The maximum Gasteiger partial charge on any atom is 0.335 e. The molecular weight excluding hydrogens is 386 g/mol. The van der Waals surface area contributed by atoms with E-state index < -0.39 is 5.97 Å². The molecule has 0 amide bonds. The molecule has 7 heteroatoms. The molecule has 4 aromatic rings. The number of aromatic nitrogens is 3. The van der Waals surface area contributed by atoms with Crippen LogP contribution in [0.3, 0.4) is 0 Å². The summed E-state index contributed by atoms with van der Waals surface area (Å²) in [4.78, 5) is 20.1. The number of fused-ring (bicyclic) bond motifs is 1. The van der Waals surface area contributed by atoms with Gasteiger partial charge in [-0.1, -0.05) is 36.0 Å². The third-order valence-corrected chi connectivity index (χ3v) is 5.61. The van der Waals surface area contributed by atoms with Crippen LogP contribution in [0.4, 0.5) is 0 Å². The summed E-state index contributed by atoms with van der Waals surface area (Å²) in [5.74, 6) is 0.587. The molecule has 0 saturated heterocycles. The second kappa shape index (κ2) is 8.36. The number of carboxylic acid groups (broad SMARTS) is 1. The lowest BCUT2D eigenvalue weighted by atomic mass is 10.1. The van der Waals surface area contributed by atoms with Crippen LogP contribution in [0, 0.1) is 0 Å². The van der Waals surface area contributed by atoms with Crippen molar-refractivity contribution < 1.29 is 14.6 Å². The number of thioether (sulfide) groups is 1. The molecule has 0 saturated carbocycles. The average Bonchev–Trinajstić information content (AvgIpc) is 3.10. The van der Waals surface area contributed by atoms with Crippen molar-refractivity contribution in [2.45, 2.75) is 17.5 Å². The maximum atomic E-state index is 11.0. The van der Waals surface area contributed by atoms with E-state index in [9.17, 15) is 4.79 Å². The standard InChI is InChI=1S/C22H19N3O3S/c1-28-18-4-2-3-16(11-18)13-25-20-12-23-10-9-19(20)24-22(25)29-14-15-5-7-17(8-6-15)21(26)27/h2-12H,13-14H2,1H3,(H,26,27). The average molecular weight is 405 g/mol. The normalized spacial score (nSPS) is 10.9. The van der Waals surface area contributed by atoms with Gasteiger partial charge in [0.25, 0.3) is 0 Å². The summed E-state index contributed by atoms with van der Waals surface area (Å²) in [7, 11) is 1.66. The number of ether oxygens (including phenoxy) is 1. The van der Waals surface area contributed by atoms with E-state index in [2.05, 4.69) is 15.6 Å². The van der Waals surface area contributed by atoms with E-state index in [0.29, 0.717) is 12.3 Å². The zero-order valence-electron chi connectivity index (χ0n) is 15.8. The summed E-state index contributed by atoms with van der Waals surface area (Å²) < 4.78 is 7.49. The zero-order valence-corrected chi connectivity index (χ0v) is 16.6. The Morgan fingerprint density at radius 1 is 1.14 bits per heavy atom. The lowest BCUT2D eigenvalue weighted by Crippen LogP contribution is -2.02. The van der Waals surface area contributed by atoms with E-state index in [-0.39, 0.29) is 5.56 Å². The zero-order chi connectivity index (χ0) is 20.2. The third-order valence-electron chi connectivity index (χ3n) is 4.56. The summed E-state index contributed by atoms with van der Waals surface area (Å²) in [5.41, 5.74) is 4.30. The summed E-state index contributed by atoms with van der Waals surface area (Å²) in [5, 5.41) is 9.93. The van der Waals surface area contributed by atoms with Crippen LogP contribution in [-0.2, 0) is 12.3 Å². The van der Waals surface area contributed by atoms with E-state index in [1.807, 2.05) is 42.6 Å². The van der Waals surface area contributed by atoms with Gasteiger partial charge in [-0.15, -0.1) is 0 Å². The molecule has 0 spiro atoms. The summed E-state index contributed by atoms with van der Waals surface area (Å²) >= 11 is 1.61. The lowest BCUT2D eigenvalue weighted by Gasteiger charge is -2.10. The Morgan fingerprint density at radius 3 is 2.72 bits per heavy atom. The second-order valence-electron chi connectivity index (χ2n) is 6.49. The Bertz CT molecular complexity index is 1160. The van der Waals surface area contributed by atoms with Crippen molar-refractivity contribution >= 4 is 28.8 Å². The molecule has 1 N–H and O–H groups in total. The fraction of sp³-hybridized carbons (Fsp3) is 0.136. The molecule has 0 aliphatic heterocycles. The molecule has 0 bridgehead atoms. The van der Waals surface area contributed by atoms with Crippen molar-refractivity contribution in [2.75, 3.05) is 7.11 Å². The Morgan fingerprint density at radius 2 is 1.97 bits per heavy atom. The number of imidazole rings is 1. The summed E-state index contributed by atoms with van der Waals surface area (Å²) in [6.07, 6.45) is 3.57. The van der Waals surface area contributed by atoms with Crippen LogP contribution in [0.1, 0.15) is 21.5 Å². The van der Waals surface area contributed by atoms with Gasteiger partial charge in [-0.2, -0.15) is 0 Å². The van der Waals surface area contributed by atoms with Gasteiger partial charge >= 0.3 is 5.97 Å². The Hall–Kier alpha value is -3.32. The van der Waals surface area contributed by atoms with Gasteiger partial charge in [0.1, 0.15) is 5.75 Å². The van der Waals surface area contributed by atoms with E-state index in [1.165, 1.54) is 0 Å². The largest absolute Gasteiger partial charge is 0.497 e. The fourth-order valence-corrected chi connectivity index (χ4v) is 4.03. The van der Waals surface area contributed by atoms with Gasteiger partial charge in [0, 0.05) is 11.9 Å². The minimum Gasteiger partial charge on any atom is -0.497 e. The number of methoxy groups -OCH3 is 1. The Balaban J connectivity index is 1.61. The number of rotatable bonds is 7. The topological polar surface area (TPSA) is 77.2 Å². The molecule has 0 aliphatic rings. The predicted molar refractivity (Wildman–Crippen MR) is 113 cm³/mol. The van der Waals surface area contributed by atoms with Crippen molar-refractivity contribution in [3.8, 4) is 5.75 Å². The second-order valence-corrected chi connectivity index (χ2v) is 7.43. The molecular formula is C22H19N3O3S. The first kappa shape index (κ1) is 19.0. The lowest BCUT2D eigenvalue weighted by molar-refractivity contribution is 0.0697. The molecule has 4 rings (SSSR count). The summed E-state index contributed by atoms with van der Waals surface area (Å²) in [6.45, 7) is 0.652. The molecule has 0 atom stereocenters. The molecule has 0 aliphatic carbocycles. The van der Waals surface area contributed by atoms with Crippen LogP contribution in [0.25, 0.3) is 11.0 Å². The molecule has 2 aromatic heterocycles. The Kier molecular flexibility index (Phi) is 5.48. The smallest absolute Gasteiger partial charge is 0.335 e. The van der Waals surface area contributed by atoms with Gasteiger partial charge < -0.3 is 14.4 Å². The molecule has 0 fully saturated rings. The SMILES string of the molecule is COc1cccc(Cn2c(SCc3ccc(C(=O)O)cc3)nc3ccncc32)c1. The van der Waals surface area contributed by atoms with Gasteiger partial charge in [0.2, 0.25) is 0 Å². The van der Waals surface area contributed by atoms with Crippen molar-refractivity contribution in [1.82, 2.24) is 14.5 Å². The quantitative estimate of drug-likeness (QED) is 0.457. The maximum absolute atomic E-state index is 11.0. The highest BCUT2D eigenvalue weighted by atomic mass is 32.2. The first-order chi connectivity index (χ1) is 14.1. The minimum atomic E-state index is -0.920. The van der Waals surface area contributed by atoms with Crippen molar-refractivity contribution in [2.24, 2.45) is 0 Å². The minimum absolute atomic E-state index is 0.287. The highest BCUT2D eigenvalue weighted by Crippen LogP contribution is 2.28. The van der Waals surface area contributed by atoms with Crippen LogP contribution in [0.2, 0.25) is 0 Å². The molecule has 146 valence electrons. The molecule has 2 aromatic carbocycles. The van der Waals surface area contributed by atoms with E-state index in [4.69, 9.17) is 14.8 Å². The molecule has 0 unspecified atom stereocenters. The van der Waals surface area contributed by atoms with Gasteiger partial charge in [0.15, 0.2) is 5.16 Å².